The van der Waals surface area contributed by atoms with Crippen LogP contribution in [0.2, 0.25) is 0 Å². The Bertz CT molecular complexity index is 837. The number of benzene rings is 2. The first-order chi connectivity index (χ1) is 12.8. The Balaban J connectivity index is 0.000000387. The second-order valence-electron chi connectivity index (χ2n) is 5.33. The number of nitriles is 2. The second-order valence-corrected chi connectivity index (χ2v) is 5.33. The van der Waals surface area contributed by atoms with Crippen LogP contribution < -0.4 is 11.5 Å². The van der Waals surface area contributed by atoms with Crippen molar-refractivity contribution < 1.29 is 19.5 Å². The molecule has 5 N–H and O–H groups in total. The molecule has 0 atom stereocenters. The molecule has 0 saturated carbocycles. The van der Waals surface area contributed by atoms with E-state index in [1.807, 2.05) is 24.3 Å². The zero-order chi connectivity index (χ0) is 20.4. The van der Waals surface area contributed by atoms with E-state index in [2.05, 4.69) is 0 Å². The number of hydrogen-bond donors (Lipinski definition) is 3. The standard InChI is InChI=1S/C15H14N2O2.C4H2N2O2/c16-14(18)12-5-1-10(2-6-12)9-11-3-7-13(8-4-11)15(17)19;5-1-3(2-6)4(7)8/h1-8H,9H2,(H2,16,18)(H2,17,19);3H,(H,7,8). The summed E-state index contributed by atoms with van der Waals surface area (Å²) in [4.78, 5) is 31.6. The highest BCUT2D eigenvalue weighted by atomic mass is 16.4. The van der Waals surface area contributed by atoms with Gasteiger partial charge in [0, 0.05) is 11.1 Å². The average Bonchev–Trinajstić information content (AvgIpc) is 2.64. The summed E-state index contributed by atoms with van der Waals surface area (Å²) in [6, 6.07) is 16.8. The molecule has 8 heteroatoms. The van der Waals surface area contributed by atoms with Crippen molar-refractivity contribution in [1.82, 2.24) is 0 Å². The van der Waals surface area contributed by atoms with E-state index in [1.165, 1.54) is 12.1 Å². The fourth-order valence-corrected chi connectivity index (χ4v) is 1.95. The van der Waals surface area contributed by atoms with Crippen molar-refractivity contribution in [2.45, 2.75) is 6.42 Å². The maximum atomic E-state index is 11.0. The molecule has 27 heavy (non-hydrogen) atoms. The maximum absolute atomic E-state index is 11.0. The van der Waals surface area contributed by atoms with Gasteiger partial charge in [0.15, 0.2) is 0 Å². The number of primary amides is 2. The van der Waals surface area contributed by atoms with Crippen LogP contribution in [-0.4, -0.2) is 22.9 Å². The number of hydrogen-bond acceptors (Lipinski definition) is 5. The van der Waals surface area contributed by atoms with Crippen molar-refractivity contribution in [2.75, 3.05) is 0 Å². The Morgan fingerprint density at radius 2 is 1.15 bits per heavy atom. The van der Waals surface area contributed by atoms with Gasteiger partial charge in [0.1, 0.15) is 0 Å². The molecule has 0 fully saturated rings. The van der Waals surface area contributed by atoms with E-state index >= 15 is 0 Å². The number of carboxylic acid groups (broad SMARTS) is 1. The lowest BCUT2D eigenvalue weighted by molar-refractivity contribution is -0.138. The van der Waals surface area contributed by atoms with Crippen LogP contribution >= 0.6 is 0 Å². The molecule has 0 aliphatic rings. The number of aliphatic carboxylic acids is 1. The summed E-state index contributed by atoms with van der Waals surface area (Å²) < 4.78 is 0. The van der Waals surface area contributed by atoms with Crippen LogP contribution in [-0.2, 0) is 11.2 Å². The van der Waals surface area contributed by atoms with Crippen LogP contribution in [0.1, 0.15) is 31.8 Å². The number of carboxylic acids is 1. The number of nitrogens with two attached hydrogens (primary N) is 2. The fraction of sp³-hybridized carbons (Fsp3) is 0.105. The van der Waals surface area contributed by atoms with E-state index in [9.17, 15) is 14.4 Å². The molecule has 0 spiro atoms. The van der Waals surface area contributed by atoms with Gasteiger partial charge in [0.2, 0.25) is 17.7 Å². The van der Waals surface area contributed by atoms with Gasteiger partial charge in [-0.25, -0.2) is 4.79 Å². The molecule has 0 aliphatic carbocycles. The van der Waals surface area contributed by atoms with Gasteiger partial charge in [-0.3, -0.25) is 9.59 Å². The Kier molecular flexibility index (Phi) is 7.70. The number of carbonyl (C=O) groups excluding carboxylic acids is 2. The molecule has 2 aromatic carbocycles. The molecular weight excluding hydrogens is 348 g/mol. The molecule has 136 valence electrons. The molecule has 2 amide bonds. The number of carbonyl (C=O) groups is 3. The summed E-state index contributed by atoms with van der Waals surface area (Å²) in [6.45, 7) is 0. The smallest absolute Gasteiger partial charge is 0.335 e. The van der Waals surface area contributed by atoms with Gasteiger partial charge in [0.25, 0.3) is 0 Å². The predicted octanol–water partition coefficient (Wildman–Crippen LogP) is 1.21. The maximum Gasteiger partial charge on any atom is 0.335 e. The van der Waals surface area contributed by atoms with Gasteiger partial charge in [-0.05, 0) is 41.8 Å². The van der Waals surface area contributed by atoms with Gasteiger partial charge in [-0.1, -0.05) is 24.3 Å². The third-order valence-corrected chi connectivity index (χ3v) is 3.39. The van der Waals surface area contributed by atoms with E-state index in [4.69, 9.17) is 27.1 Å². The van der Waals surface area contributed by atoms with Crippen molar-refractivity contribution in [1.29, 1.82) is 10.5 Å². The Hall–Kier alpha value is -4.17. The average molecular weight is 364 g/mol. The number of amides is 2. The Morgan fingerprint density at radius 3 is 1.33 bits per heavy atom. The normalized spacial score (nSPS) is 9.30. The summed E-state index contributed by atoms with van der Waals surface area (Å²) in [5, 5.41) is 23.6. The van der Waals surface area contributed by atoms with Gasteiger partial charge in [0.05, 0.1) is 12.1 Å². The first-order valence-corrected chi connectivity index (χ1v) is 7.58. The first-order valence-electron chi connectivity index (χ1n) is 7.58. The minimum Gasteiger partial charge on any atom is -0.479 e. The molecule has 0 aromatic heterocycles. The minimum absolute atomic E-state index is 0.433. The summed E-state index contributed by atoms with van der Waals surface area (Å²) in [6.07, 6.45) is 0.720. The SMILES string of the molecule is N#CC(C#N)C(=O)O.NC(=O)c1ccc(Cc2ccc(C(N)=O)cc2)cc1. The van der Waals surface area contributed by atoms with Crippen LogP contribution in [0.5, 0.6) is 0 Å². The summed E-state index contributed by atoms with van der Waals surface area (Å²) in [5.41, 5.74) is 13.5. The highest BCUT2D eigenvalue weighted by Crippen LogP contribution is 2.12. The quantitative estimate of drug-likeness (QED) is 0.719. The van der Waals surface area contributed by atoms with Crippen molar-refractivity contribution in [2.24, 2.45) is 17.4 Å². The number of nitrogens with zero attached hydrogens (tertiary/aromatic N) is 2. The van der Waals surface area contributed by atoms with Gasteiger partial charge < -0.3 is 16.6 Å². The van der Waals surface area contributed by atoms with Gasteiger partial charge >= 0.3 is 5.97 Å². The monoisotopic (exact) mass is 364 g/mol. The van der Waals surface area contributed by atoms with Crippen LogP contribution in [0, 0.1) is 28.6 Å². The van der Waals surface area contributed by atoms with E-state index < -0.39 is 23.7 Å². The lowest BCUT2D eigenvalue weighted by Gasteiger charge is -2.04. The van der Waals surface area contributed by atoms with E-state index in [0.717, 1.165) is 17.5 Å². The molecule has 0 aliphatic heterocycles. The molecule has 0 saturated heterocycles. The second kappa shape index (κ2) is 9.97. The van der Waals surface area contributed by atoms with E-state index in [0.29, 0.717) is 11.1 Å². The van der Waals surface area contributed by atoms with Crippen LogP contribution in [0.15, 0.2) is 48.5 Å². The van der Waals surface area contributed by atoms with Gasteiger partial charge in [-0.15, -0.1) is 0 Å². The van der Waals surface area contributed by atoms with Crippen molar-refractivity contribution in [3.8, 4) is 12.1 Å². The molecule has 2 rings (SSSR count). The predicted molar refractivity (Wildman–Crippen MR) is 95.1 cm³/mol. The molecule has 0 bridgehead atoms. The van der Waals surface area contributed by atoms with Gasteiger partial charge in [-0.2, -0.15) is 10.5 Å². The highest BCUT2D eigenvalue weighted by molar-refractivity contribution is 5.93. The van der Waals surface area contributed by atoms with Crippen LogP contribution in [0.25, 0.3) is 0 Å². The third-order valence-electron chi connectivity index (χ3n) is 3.39. The lowest BCUT2D eigenvalue weighted by atomic mass is 10.0. The van der Waals surface area contributed by atoms with Crippen molar-refractivity contribution in [3.05, 3.63) is 70.8 Å². The molecule has 8 nitrogen and oxygen atoms in total. The molecule has 0 radical (unpaired) electrons. The summed E-state index contributed by atoms with van der Waals surface area (Å²) in [7, 11) is 0. The Labute approximate surface area is 155 Å². The lowest BCUT2D eigenvalue weighted by Crippen LogP contribution is -2.11. The molecule has 2 aromatic rings. The largest absolute Gasteiger partial charge is 0.479 e. The van der Waals surface area contributed by atoms with Crippen molar-refractivity contribution in [3.63, 3.8) is 0 Å². The Morgan fingerprint density at radius 1 is 0.815 bits per heavy atom. The van der Waals surface area contributed by atoms with Crippen LogP contribution in [0.4, 0.5) is 0 Å². The summed E-state index contributed by atoms with van der Waals surface area (Å²) >= 11 is 0. The highest BCUT2D eigenvalue weighted by Gasteiger charge is 2.13. The zero-order valence-corrected chi connectivity index (χ0v) is 14.1. The third kappa shape index (κ3) is 6.69. The molecule has 0 heterocycles. The molecule has 0 unspecified atom stereocenters. The van der Waals surface area contributed by atoms with E-state index in [1.54, 1.807) is 24.3 Å². The van der Waals surface area contributed by atoms with E-state index in [-0.39, 0.29) is 0 Å². The topological polar surface area (TPSA) is 171 Å². The van der Waals surface area contributed by atoms with Crippen molar-refractivity contribution >= 4 is 17.8 Å². The first kappa shape index (κ1) is 20.9. The number of rotatable bonds is 5. The minimum atomic E-state index is -1.52. The fourth-order valence-electron chi connectivity index (χ4n) is 1.95. The summed E-state index contributed by atoms with van der Waals surface area (Å²) in [5.74, 6) is -3.78. The molecular formula is C19H16N4O4. The van der Waals surface area contributed by atoms with Crippen LogP contribution in [0.3, 0.4) is 0 Å². The zero-order valence-electron chi connectivity index (χ0n) is 14.1.